The Morgan fingerprint density at radius 2 is 1.76 bits per heavy atom. The number of halogens is 1. The molecule has 1 heterocycles. The summed E-state index contributed by atoms with van der Waals surface area (Å²) in [5.74, 6) is 0.187. The van der Waals surface area contributed by atoms with Crippen LogP contribution in [0.3, 0.4) is 0 Å². The lowest BCUT2D eigenvalue weighted by atomic mass is 10.2. The van der Waals surface area contributed by atoms with Crippen LogP contribution in [0.4, 0.5) is 0 Å². The van der Waals surface area contributed by atoms with Crippen molar-refractivity contribution in [2.45, 2.75) is 0 Å². The van der Waals surface area contributed by atoms with Gasteiger partial charge in [-0.15, -0.1) is 0 Å². The fraction of sp³-hybridized carbons (Fsp3) is 0. The highest BCUT2D eigenvalue weighted by atomic mass is 79.9. The van der Waals surface area contributed by atoms with Crippen molar-refractivity contribution in [2.24, 2.45) is 10.2 Å². The van der Waals surface area contributed by atoms with Crippen molar-refractivity contribution >= 4 is 39.3 Å². The number of hydrogen-bond donors (Lipinski definition) is 2. The third kappa shape index (κ3) is 3.03. The van der Waals surface area contributed by atoms with Gasteiger partial charge < -0.3 is 10.1 Å². The van der Waals surface area contributed by atoms with E-state index >= 15 is 0 Å². The van der Waals surface area contributed by atoms with E-state index in [1.54, 1.807) is 24.4 Å². The van der Waals surface area contributed by atoms with E-state index in [1.165, 1.54) is 6.21 Å². The van der Waals surface area contributed by atoms with Crippen LogP contribution in [0.15, 0.2) is 63.3 Å². The maximum Gasteiger partial charge on any atom is 0.124 e. The van der Waals surface area contributed by atoms with Gasteiger partial charge in [0.1, 0.15) is 5.75 Å². The number of nitrogens with zero attached hydrogens (tertiary/aromatic N) is 2. The predicted octanol–water partition coefficient (Wildman–Crippen LogP) is 4.09. The van der Waals surface area contributed by atoms with Gasteiger partial charge in [0, 0.05) is 32.7 Å². The molecule has 3 rings (SSSR count). The van der Waals surface area contributed by atoms with Gasteiger partial charge in [-0.1, -0.05) is 28.1 Å². The molecule has 0 aliphatic rings. The highest BCUT2D eigenvalue weighted by molar-refractivity contribution is 9.10. The minimum atomic E-state index is 0.187. The van der Waals surface area contributed by atoms with Gasteiger partial charge in [0.25, 0.3) is 0 Å². The van der Waals surface area contributed by atoms with Gasteiger partial charge in [-0.2, -0.15) is 10.2 Å². The number of nitrogens with one attached hydrogen (secondary N) is 1. The van der Waals surface area contributed by atoms with E-state index in [0.29, 0.717) is 5.56 Å². The normalized spacial score (nSPS) is 11.9. The van der Waals surface area contributed by atoms with Crippen molar-refractivity contribution in [3.05, 3.63) is 64.3 Å². The number of aromatic nitrogens is 1. The number of aromatic hydroxyl groups is 1. The minimum Gasteiger partial charge on any atom is -0.507 e. The molecule has 0 saturated heterocycles. The Morgan fingerprint density at radius 1 is 1.00 bits per heavy atom. The average Bonchev–Trinajstić information content (AvgIpc) is 2.88. The number of hydrogen-bond acceptors (Lipinski definition) is 3. The number of phenols is 1. The molecule has 0 aliphatic carbocycles. The van der Waals surface area contributed by atoms with Gasteiger partial charge in [0.15, 0.2) is 0 Å². The van der Waals surface area contributed by atoms with E-state index in [-0.39, 0.29) is 5.75 Å². The Bertz CT molecular complexity index is 836. The van der Waals surface area contributed by atoms with E-state index < -0.39 is 0 Å². The first-order chi connectivity index (χ1) is 10.2. The topological polar surface area (TPSA) is 60.7 Å². The van der Waals surface area contributed by atoms with Crippen molar-refractivity contribution < 1.29 is 5.11 Å². The molecule has 0 aliphatic heterocycles. The summed E-state index contributed by atoms with van der Waals surface area (Å²) < 4.78 is 1.02. The highest BCUT2D eigenvalue weighted by Gasteiger charge is 2.01. The van der Waals surface area contributed by atoms with Crippen molar-refractivity contribution in [1.29, 1.82) is 0 Å². The van der Waals surface area contributed by atoms with Gasteiger partial charge in [0.2, 0.25) is 0 Å². The lowest BCUT2D eigenvalue weighted by Gasteiger charge is -1.94. The summed E-state index contributed by atoms with van der Waals surface area (Å²) >= 11 is 3.46. The fourth-order valence-electron chi connectivity index (χ4n) is 2.01. The summed E-state index contributed by atoms with van der Waals surface area (Å²) in [5, 5.41) is 18.7. The van der Waals surface area contributed by atoms with Crippen LogP contribution in [0.5, 0.6) is 5.75 Å². The Morgan fingerprint density at radius 3 is 2.57 bits per heavy atom. The average molecular weight is 342 g/mol. The molecule has 0 bridgehead atoms. The summed E-state index contributed by atoms with van der Waals surface area (Å²) in [6.07, 6.45) is 5.09. The molecule has 4 nitrogen and oxygen atoms in total. The van der Waals surface area contributed by atoms with Crippen LogP contribution in [0.1, 0.15) is 11.1 Å². The summed E-state index contributed by atoms with van der Waals surface area (Å²) in [6, 6.07) is 13.0. The third-order valence-corrected chi connectivity index (χ3v) is 3.57. The molecule has 0 unspecified atom stereocenters. The van der Waals surface area contributed by atoms with Crippen LogP contribution in [0, 0.1) is 0 Å². The van der Waals surface area contributed by atoms with Crippen molar-refractivity contribution in [3.63, 3.8) is 0 Å². The van der Waals surface area contributed by atoms with E-state index in [1.807, 2.05) is 30.5 Å². The van der Waals surface area contributed by atoms with Crippen molar-refractivity contribution in [1.82, 2.24) is 4.98 Å². The number of aromatic amines is 1. The van der Waals surface area contributed by atoms with Gasteiger partial charge in [-0.25, -0.2) is 0 Å². The second-order valence-electron chi connectivity index (χ2n) is 4.48. The molecule has 21 heavy (non-hydrogen) atoms. The van der Waals surface area contributed by atoms with Gasteiger partial charge in [-0.3, -0.25) is 0 Å². The zero-order valence-electron chi connectivity index (χ0n) is 11.0. The SMILES string of the molecule is Oc1ccccc1C=NN=Cc1c[nH]c2ccc(Br)cc12. The molecule has 0 fully saturated rings. The quantitative estimate of drug-likeness (QED) is 0.547. The van der Waals surface area contributed by atoms with Crippen molar-refractivity contribution in [3.8, 4) is 5.75 Å². The van der Waals surface area contributed by atoms with Gasteiger partial charge >= 0.3 is 0 Å². The molecule has 0 saturated carbocycles. The Kier molecular flexibility index (Phi) is 3.83. The first-order valence-electron chi connectivity index (χ1n) is 6.35. The zero-order chi connectivity index (χ0) is 14.7. The van der Waals surface area contributed by atoms with Gasteiger partial charge in [-0.05, 0) is 30.3 Å². The molecule has 1 aromatic heterocycles. The van der Waals surface area contributed by atoms with E-state index in [9.17, 15) is 5.11 Å². The Labute approximate surface area is 130 Å². The molecule has 0 amide bonds. The highest BCUT2D eigenvalue weighted by Crippen LogP contribution is 2.21. The monoisotopic (exact) mass is 341 g/mol. The summed E-state index contributed by atoms with van der Waals surface area (Å²) in [7, 11) is 0. The number of fused-ring (bicyclic) bond motifs is 1. The molecular formula is C16H12BrN3O. The summed E-state index contributed by atoms with van der Waals surface area (Å²) in [6.45, 7) is 0. The third-order valence-electron chi connectivity index (χ3n) is 3.07. The van der Waals surface area contributed by atoms with E-state index in [4.69, 9.17) is 0 Å². The number of phenolic OH excluding ortho intramolecular Hbond substituents is 1. The molecule has 2 aromatic carbocycles. The predicted molar refractivity (Wildman–Crippen MR) is 89.3 cm³/mol. The number of para-hydroxylation sites is 1. The maximum absolute atomic E-state index is 9.61. The molecular weight excluding hydrogens is 330 g/mol. The zero-order valence-corrected chi connectivity index (χ0v) is 12.6. The second-order valence-corrected chi connectivity index (χ2v) is 5.40. The Balaban J connectivity index is 1.82. The maximum atomic E-state index is 9.61. The van der Waals surface area contributed by atoms with E-state index in [2.05, 4.69) is 31.1 Å². The van der Waals surface area contributed by atoms with Crippen LogP contribution >= 0.6 is 15.9 Å². The van der Waals surface area contributed by atoms with Crippen LogP contribution < -0.4 is 0 Å². The molecule has 104 valence electrons. The number of rotatable bonds is 3. The molecule has 5 heteroatoms. The lowest BCUT2D eigenvalue weighted by molar-refractivity contribution is 0.474. The van der Waals surface area contributed by atoms with Crippen LogP contribution in [-0.2, 0) is 0 Å². The summed E-state index contributed by atoms with van der Waals surface area (Å²) in [4.78, 5) is 3.18. The first kappa shape index (κ1) is 13.6. The second kappa shape index (κ2) is 5.93. The smallest absolute Gasteiger partial charge is 0.124 e. The molecule has 0 radical (unpaired) electrons. The van der Waals surface area contributed by atoms with Gasteiger partial charge in [0.05, 0.1) is 12.4 Å². The van der Waals surface area contributed by atoms with E-state index in [0.717, 1.165) is 20.9 Å². The first-order valence-corrected chi connectivity index (χ1v) is 7.14. The molecule has 0 spiro atoms. The van der Waals surface area contributed by atoms with Crippen molar-refractivity contribution in [2.75, 3.05) is 0 Å². The standard InChI is InChI=1S/C16H12BrN3O/c17-13-5-6-15-14(7-13)12(8-18-15)10-20-19-9-11-3-1-2-4-16(11)21/h1-10,18,21H. The fourth-order valence-corrected chi connectivity index (χ4v) is 2.37. The molecule has 2 N–H and O–H groups in total. The molecule has 3 aromatic rings. The van der Waals surface area contributed by atoms with Crippen LogP contribution in [0.25, 0.3) is 10.9 Å². The minimum absolute atomic E-state index is 0.187. The number of benzene rings is 2. The number of H-pyrrole nitrogens is 1. The Hall–Kier alpha value is -2.40. The van der Waals surface area contributed by atoms with Crippen LogP contribution in [0.2, 0.25) is 0 Å². The lowest BCUT2D eigenvalue weighted by Crippen LogP contribution is -1.81. The summed E-state index contributed by atoms with van der Waals surface area (Å²) in [5.41, 5.74) is 2.64. The molecule has 0 atom stereocenters. The van der Waals surface area contributed by atoms with Crippen LogP contribution in [-0.4, -0.2) is 22.5 Å². The largest absolute Gasteiger partial charge is 0.507 e.